The zero-order valence-corrected chi connectivity index (χ0v) is 17.3. The molecule has 0 atom stereocenters. The summed E-state index contributed by atoms with van der Waals surface area (Å²) in [7, 11) is 0. The highest BCUT2D eigenvalue weighted by Gasteiger charge is 2.14. The van der Waals surface area contributed by atoms with Crippen molar-refractivity contribution < 1.29 is 4.74 Å². The fraction of sp³-hybridized carbons (Fsp3) is 0.318. The summed E-state index contributed by atoms with van der Waals surface area (Å²) in [6.07, 6.45) is 2.72. The van der Waals surface area contributed by atoms with Crippen LogP contribution in [0.1, 0.15) is 42.1 Å². The molecule has 2 heterocycles. The van der Waals surface area contributed by atoms with Gasteiger partial charge < -0.3 is 9.72 Å². The molecule has 0 radical (unpaired) electrons. The molecule has 0 aliphatic heterocycles. The van der Waals surface area contributed by atoms with Gasteiger partial charge in [0, 0.05) is 4.88 Å². The fourth-order valence-electron chi connectivity index (χ4n) is 2.78. The molecule has 0 saturated carbocycles. The van der Waals surface area contributed by atoms with Crippen molar-refractivity contribution in [3.05, 3.63) is 56.4 Å². The standard InChI is InChI=1S/C22H23N3O2S/c1-13(2)9-10-27-18-7-5-16(6-8-18)11-17(12-23)20-24-21(26)19-14(3)15(4)28-22(19)25-20/h5-8,11,13H,9-10H2,1-4H3,(H,24,25,26). The van der Waals surface area contributed by atoms with Crippen molar-refractivity contribution in [2.75, 3.05) is 6.61 Å². The van der Waals surface area contributed by atoms with Gasteiger partial charge in [0.2, 0.25) is 0 Å². The van der Waals surface area contributed by atoms with E-state index in [0.717, 1.165) is 28.2 Å². The maximum atomic E-state index is 12.5. The number of aryl methyl sites for hydroxylation is 2. The molecule has 0 fully saturated rings. The van der Waals surface area contributed by atoms with Crippen LogP contribution in [0.3, 0.4) is 0 Å². The van der Waals surface area contributed by atoms with Crippen molar-refractivity contribution in [3.8, 4) is 11.8 Å². The number of thiophene rings is 1. The van der Waals surface area contributed by atoms with Crippen LogP contribution in [0.25, 0.3) is 21.9 Å². The van der Waals surface area contributed by atoms with Crippen molar-refractivity contribution in [3.63, 3.8) is 0 Å². The first-order chi connectivity index (χ1) is 13.4. The van der Waals surface area contributed by atoms with Crippen LogP contribution in [0.2, 0.25) is 0 Å². The number of nitrogens with one attached hydrogen (secondary N) is 1. The summed E-state index contributed by atoms with van der Waals surface area (Å²) in [6.45, 7) is 8.88. The van der Waals surface area contributed by atoms with E-state index in [9.17, 15) is 10.1 Å². The molecule has 3 rings (SSSR count). The van der Waals surface area contributed by atoms with E-state index in [4.69, 9.17) is 4.74 Å². The zero-order valence-electron chi connectivity index (χ0n) is 16.5. The van der Waals surface area contributed by atoms with E-state index in [1.165, 1.54) is 11.3 Å². The SMILES string of the molecule is Cc1sc2nc(C(C#N)=Cc3ccc(OCCC(C)C)cc3)[nH]c(=O)c2c1C. The molecular weight excluding hydrogens is 370 g/mol. The molecule has 1 aromatic carbocycles. The predicted octanol–water partition coefficient (Wildman–Crippen LogP) is 5.09. The second kappa shape index (κ2) is 8.41. The molecule has 6 heteroatoms. The number of benzene rings is 1. The largest absolute Gasteiger partial charge is 0.494 e. The van der Waals surface area contributed by atoms with Gasteiger partial charge in [0.1, 0.15) is 16.6 Å². The summed E-state index contributed by atoms with van der Waals surface area (Å²) in [5, 5.41) is 10.2. The van der Waals surface area contributed by atoms with Crippen LogP contribution in [0.4, 0.5) is 0 Å². The van der Waals surface area contributed by atoms with Crippen molar-refractivity contribution in [2.24, 2.45) is 5.92 Å². The maximum absolute atomic E-state index is 12.5. The van der Waals surface area contributed by atoms with Gasteiger partial charge in [-0.3, -0.25) is 4.79 Å². The molecule has 0 unspecified atom stereocenters. The number of nitriles is 1. The summed E-state index contributed by atoms with van der Waals surface area (Å²) in [5.41, 5.74) is 1.89. The average molecular weight is 394 g/mol. The minimum atomic E-state index is -0.211. The van der Waals surface area contributed by atoms with Gasteiger partial charge in [-0.2, -0.15) is 5.26 Å². The summed E-state index contributed by atoms with van der Waals surface area (Å²) < 4.78 is 5.72. The third-order valence-corrected chi connectivity index (χ3v) is 5.67. The summed E-state index contributed by atoms with van der Waals surface area (Å²) in [5.74, 6) is 1.69. The molecule has 0 saturated heterocycles. The van der Waals surface area contributed by atoms with Crippen LogP contribution in [0, 0.1) is 31.1 Å². The van der Waals surface area contributed by atoms with Crippen LogP contribution >= 0.6 is 11.3 Å². The van der Waals surface area contributed by atoms with Crippen LogP contribution in [0.5, 0.6) is 5.75 Å². The number of aromatic amines is 1. The minimum absolute atomic E-state index is 0.211. The number of nitrogens with zero attached hydrogens (tertiary/aromatic N) is 2. The van der Waals surface area contributed by atoms with E-state index in [2.05, 4.69) is 29.9 Å². The molecule has 0 aliphatic rings. The third-order valence-electron chi connectivity index (χ3n) is 4.57. The molecule has 5 nitrogen and oxygen atoms in total. The molecule has 0 spiro atoms. The highest BCUT2D eigenvalue weighted by Crippen LogP contribution is 2.27. The minimum Gasteiger partial charge on any atom is -0.494 e. The van der Waals surface area contributed by atoms with E-state index < -0.39 is 0 Å². The molecule has 0 amide bonds. The third kappa shape index (κ3) is 4.32. The first kappa shape index (κ1) is 19.8. The summed E-state index contributed by atoms with van der Waals surface area (Å²) >= 11 is 1.47. The van der Waals surface area contributed by atoms with Gasteiger partial charge in [-0.1, -0.05) is 26.0 Å². The molecule has 0 bridgehead atoms. The molecule has 2 aromatic heterocycles. The lowest BCUT2D eigenvalue weighted by molar-refractivity contribution is 0.289. The number of hydrogen-bond donors (Lipinski definition) is 1. The Morgan fingerprint density at radius 2 is 2.04 bits per heavy atom. The normalized spacial score (nSPS) is 11.8. The second-order valence-corrected chi connectivity index (χ2v) is 8.35. The zero-order chi connectivity index (χ0) is 20.3. The van der Waals surface area contributed by atoms with E-state index in [0.29, 0.717) is 34.1 Å². The lowest BCUT2D eigenvalue weighted by Crippen LogP contribution is -2.10. The Labute approximate surface area is 168 Å². The Morgan fingerprint density at radius 3 is 2.68 bits per heavy atom. The van der Waals surface area contributed by atoms with Crippen molar-refractivity contribution in [1.82, 2.24) is 9.97 Å². The van der Waals surface area contributed by atoms with Crippen molar-refractivity contribution in [2.45, 2.75) is 34.1 Å². The van der Waals surface area contributed by atoms with Crippen LogP contribution < -0.4 is 10.3 Å². The average Bonchev–Trinajstić information content (AvgIpc) is 2.95. The second-order valence-electron chi connectivity index (χ2n) is 7.15. The van der Waals surface area contributed by atoms with Gasteiger partial charge in [-0.15, -0.1) is 11.3 Å². The van der Waals surface area contributed by atoms with Gasteiger partial charge in [-0.05, 0) is 55.5 Å². The van der Waals surface area contributed by atoms with E-state index in [1.807, 2.05) is 38.1 Å². The summed E-state index contributed by atoms with van der Waals surface area (Å²) in [6, 6.07) is 9.68. The first-order valence-electron chi connectivity index (χ1n) is 9.24. The Bertz CT molecular complexity index is 1120. The number of fused-ring (bicyclic) bond motifs is 1. The molecule has 0 aliphatic carbocycles. The molecule has 3 aromatic rings. The van der Waals surface area contributed by atoms with Crippen LogP contribution in [-0.4, -0.2) is 16.6 Å². The van der Waals surface area contributed by atoms with Gasteiger partial charge in [-0.25, -0.2) is 4.98 Å². The smallest absolute Gasteiger partial charge is 0.260 e. The highest BCUT2D eigenvalue weighted by atomic mass is 32.1. The molecular formula is C22H23N3O2S. The van der Waals surface area contributed by atoms with Gasteiger partial charge in [0.25, 0.3) is 5.56 Å². The number of H-pyrrole nitrogens is 1. The van der Waals surface area contributed by atoms with Crippen LogP contribution in [0.15, 0.2) is 29.1 Å². The van der Waals surface area contributed by atoms with E-state index in [1.54, 1.807) is 6.08 Å². The Balaban J connectivity index is 1.87. The summed E-state index contributed by atoms with van der Waals surface area (Å²) in [4.78, 5) is 21.4. The Kier molecular flexibility index (Phi) is 5.96. The maximum Gasteiger partial charge on any atom is 0.260 e. The molecule has 28 heavy (non-hydrogen) atoms. The van der Waals surface area contributed by atoms with E-state index >= 15 is 0 Å². The van der Waals surface area contributed by atoms with Gasteiger partial charge >= 0.3 is 0 Å². The number of rotatable bonds is 6. The quantitative estimate of drug-likeness (QED) is 0.592. The van der Waals surface area contributed by atoms with Crippen molar-refractivity contribution >= 4 is 33.2 Å². The Morgan fingerprint density at radius 1 is 1.32 bits per heavy atom. The number of aromatic nitrogens is 2. The Hall–Kier alpha value is -2.91. The lowest BCUT2D eigenvalue weighted by atomic mass is 10.1. The molecule has 144 valence electrons. The van der Waals surface area contributed by atoms with E-state index in [-0.39, 0.29) is 5.56 Å². The molecule has 1 N–H and O–H groups in total. The predicted molar refractivity (Wildman–Crippen MR) is 115 cm³/mol. The van der Waals surface area contributed by atoms with Crippen molar-refractivity contribution in [1.29, 1.82) is 5.26 Å². The van der Waals surface area contributed by atoms with Crippen LogP contribution in [-0.2, 0) is 0 Å². The first-order valence-corrected chi connectivity index (χ1v) is 10.1. The topological polar surface area (TPSA) is 78.8 Å². The number of ether oxygens (including phenoxy) is 1. The number of hydrogen-bond acceptors (Lipinski definition) is 5. The van der Waals surface area contributed by atoms with Gasteiger partial charge in [0.15, 0.2) is 5.82 Å². The monoisotopic (exact) mass is 393 g/mol. The number of allylic oxidation sites excluding steroid dienone is 1. The lowest BCUT2D eigenvalue weighted by Gasteiger charge is -2.08. The fourth-order valence-corrected chi connectivity index (χ4v) is 3.81. The van der Waals surface area contributed by atoms with Gasteiger partial charge in [0.05, 0.1) is 17.6 Å². The highest BCUT2D eigenvalue weighted by molar-refractivity contribution is 7.18.